The van der Waals surface area contributed by atoms with E-state index in [0.717, 1.165) is 11.1 Å². The van der Waals surface area contributed by atoms with Crippen LogP contribution in [0.25, 0.3) is 0 Å². The minimum Gasteiger partial charge on any atom is -0.491 e. The molecule has 0 aliphatic carbocycles. The van der Waals surface area contributed by atoms with Gasteiger partial charge in [0, 0.05) is 34.8 Å². The number of carbonyl (C=O) groups is 2. The summed E-state index contributed by atoms with van der Waals surface area (Å²) < 4.78 is 11.5. The Morgan fingerprint density at radius 1 is 0.969 bits per heavy atom. The number of ether oxygens (including phenoxy) is 2. The molecule has 0 spiro atoms. The molecule has 32 heavy (non-hydrogen) atoms. The Kier molecular flexibility index (Phi) is 7.04. The number of anilines is 1. The van der Waals surface area contributed by atoms with Gasteiger partial charge in [-0.3, -0.25) is 9.59 Å². The van der Waals surface area contributed by atoms with Crippen LogP contribution in [0.15, 0.2) is 66.7 Å². The first-order chi connectivity index (χ1) is 15.6. The fourth-order valence-electron chi connectivity index (χ4n) is 3.46. The number of fused-ring (bicyclic) bond motifs is 3. The quantitative estimate of drug-likeness (QED) is 0.609. The highest BCUT2D eigenvalue weighted by Crippen LogP contribution is 2.25. The highest BCUT2D eigenvalue weighted by atomic mass is 35.5. The number of benzene rings is 3. The standard InChI is InChI=1S/C25H23ClN2O4/c26-21-5-2-6-22(16-21)28-25(30)19-7-8-23-20(15-19)14-17-3-1-4-18(13-17)24(29)27-9-10-31-11-12-32-23/h1-8,13,15-16H,9-12,14H2,(H,27,29)(H,28,30). The Hall–Kier alpha value is -3.35. The van der Waals surface area contributed by atoms with Crippen LogP contribution < -0.4 is 15.4 Å². The van der Waals surface area contributed by atoms with Gasteiger partial charge in [0.25, 0.3) is 11.8 Å². The van der Waals surface area contributed by atoms with Gasteiger partial charge in [-0.15, -0.1) is 0 Å². The molecule has 0 atom stereocenters. The summed E-state index contributed by atoms with van der Waals surface area (Å²) in [7, 11) is 0. The van der Waals surface area contributed by atoms with E-state index in [1.165, 1.54) is 0 Å². The molecule has 0 unspecified atom stereocenters. The average molecular weight is 451 g/mol. The molecule has 1 heterocycles. The molecular weight excluding hydrogens is 428 g/mol. The number of nitrogens with one attached hydrogen (secondary N) is 2. The molecule has 2 amide bonds. The predicted molar refractivity (Wildman–Crippen MR) is 124 cm³/mol. The summed E-state index contributed by atoms with van der Waals surface area (Å²) >= 11 is 6.01. The molecule has 1 aliphatic heterocycles. The molecule has 0 radical (unpaired) electrons. The molecule has 1 aliphatic rings. The van der Waals surface area contributed by atoms with Crippen molar-refractivity contribution in [3.63, 3.8) is 0 Å². The van der Waals surface area contributed by atoms with Crippen molar-refractivity contribution in [3.8, 4) is 5.75 Å². The maximum absolute atomic E-state index is 12.8. The lowest BCUT2D eigenvalue weighted by Crippen LogP contribution is -2.28. The Balaban J connectivity index is 1.62. The number of hydrogen-bond acceptors (Lipinski definition) is 4. The van der Waals surface area contributed by atoms with Crippen LogP contribution in [-0.2, 0) is 11.2 Å². The van der Waals surface area contributed by atoms with Gasteiger partial charge in [-0.25, -0.2) is 0 Å². The summed E-state index contributed by atoms with van der Waals surface area (Å²) in [6.45, 7) is 1.61. The Morgan fingerprint density at radius 3 is 2.72 bits per heavy atom. The maximum Gasteiger partial charge on any atom is 0.255 e. The summed E-state index contributed by atoms with van der Waals surface area (Å²) in [5.74, 6) is 0.296. The highest BCUT2D eigenvalue weighted by Gasteiger charge is 2.14. The molecule has 0 fully saturated rings. The van der Waals surface area contributed by atoms with E-state index in [2.05, 4.69) is 10.6 Å². The normalized spacial score (nSPS) is 14.3. The van der Waals surface area contributed by atoms with Crippen molar-refractivity contribution in [2.45, 2.75) is 6.42 Å². The van der Waals surface area contributed by atoms with Crippen molar-refractivity contribution in [1.82, 2.24) is 5.32 Å². The van der Waals surface area contributed by atoms with Crippen molar-refractivity contribution in [3.05, 3.63) is 94.0 Å². The summed E-state index contributed by atoms with van der Waals surface area (Å²) in [5.41, 5.74) is 3.49. The van der Waals surface area contributed by atoms with Crippen molar-refractivity contribution in [1.29, 1.82) is 0 Å². The van der Waals surface area contributed by atoms with E-state index in [-0.39, 0.29) is 11.8 Å². The van der Waals surface area contributed by atoms with Crippen LogP contribution in [0.3, 0.4) is 0 Å². The first-order valence-corrected chi connectivity index (χ1v) is 10.7. The number of rotatable bonds is 2. The van der Waals surface area contributed by atoms with Crippen LogP contribution in [0, 0.1) is 0 Å². The van der Waals surface area contributed by atoms with Gasteiger partial charge in [-0.1, -0.05) is 29.8 Å². The Bertz CT molecular complexity index is 1130. The van der Waals surface area contributed by atoms with E-state index < -0.39 is 0 Å². The van der Waals surface area contributed by atoms with Crippen LogP contribution in [-0.4, -0.2) is 38.2 Å². The third-order valence-corrected chi connectivity index (χ3v) is 5.24. The topological polar surface area (TPSA) is 76.7 Å². The Labute approximate surface area is 191 Å². The molecule has 2 N–H and O–H groups in total. The van der Waals surface area contributed by atoms with Crippen molar-refractivity contribution < 1.29 is 19.1 Å². The fourth-order valence-corrected chi connectivity index (χ4v) is 3.65. The van der Waals surface area contributed by atoms with Crippen LogP contribution in [0.2, 0.25) is 5.02 Å². The largest absolute Gasteiger partial charge is 0.491 e. The fraction of sp³-hybridized carbons (Fsp3) is 0.200. The lowest BCUT2D eigenvalue weighted by atomic mass is 9.99. The summed E-state index contributed by atoms with van der Waals surface area (Å²) in [4.78, 5) is 25.2. The number of carbonyl (C=O) groups excluding carboxylic acids is 2. The smallest absolute Gasteiger partial charge is 0.255 e. The van der Waals surface area contributed by atoms with E-state index in [1.54, 1.807) is 42.5 Å². The monoisotopic (exact) mass is 450 g/mol. The number of hydrogen-bond donors (Lipinski definition) is 2. The zero-order chi connectivity index (χ0) is 22.3. The zero-order valence-corrected chi connectivity index (χ0v) is 18.2. The number of amides is 2. The van der Waals surface area contributed by atoms with Gasteiger partial charge in [0.15, 0.2) is 0 Å². The van der Waals surface area contributed by atoms with Gasteiger partial charge in [-0.2, -0.15) is 0 Å². The van der Waals surface area contributed by atoms with E-state index in [1.807, 2.05) is 24.3 Å². The summed E-state index contributed by atoms with van der Waals surface area (Å²) in [6, 6.07) is 19.8. The predicted octanol–water partition coefficient (Wildman–Crippen LogP) is 4.32. The molecule has 6 nitrogen and oxygen atoms in total. The average Bonchev–Trinajstić information content (AvgIpc) is 2.78. The third-order valence-electron chi connectivity index (χ3n) is 5.01. The molecule has 7 heteroatoms. The van der Waals surface area contributed by atoms with Gasteiger partial charge in [-0.05, 0) is 59.7 Å². The van der Waals surface area contributed by atoms with E-state index >= 15 is 0 Å². The lowest BCUT2D eigenvalue weighted by Gasteiger charge is -2.15. The number of halogens is 1. The van der Waals surface area contributed by atoms with Crippen LogP contribution in [0.4, 0.5) is 5.69 Å². The van der Waals surface area contributed by atoms with E-state index in [9.17, 15) is 9.59 Å². The molecule has 3 aromatic carbocycles. The SMILES string of the molecule is O=C1NCCOCCOc2ccc(C(=O)Nc3cccc(Cl)c3)cc2Cc2cccc1c2. The molecule has 164 valence electrons. The lowest BCUT2D eigenvalue weighted by molar-refractivity contribution is 0.0865. The zero-order valence-electron chi connectivity index (χ0n) is 17.4. The van der Waals surface area contributed by atoms with Gasteiger partial charge in [0.05, 0.1) is 13.2 Å². The third kappa shape index (κ3) is 5.66. The minimum absolute atomic E-state index is 0.140. The second-order valence-corrected chi connectivity index (χ2v) is 7.82. The molecule has 0 saturated heterocycles. The van der Waals surface area contributed by atoms with Gasteiger partial charge in [0.1, 0.15) is 12.4 Å². The van der Waals surface area contributed by atoms with Crippen LogP contribution >= 0.6 is 11.6 Å². The first-order valence-electron chi connectivity index (χ1n) is 10.4. The van der Waals surface area contributed by atoms with Crippen molar-refractivity contribution in [2.24, 2.45) is 0 Å². The molecule has 0 saturated carbocycles. The Morgan fingerprint density at radius 2 is 1.84 bits per heavy atom. The van der Waals surface area contributed by atoms with Gasteiger partial charge < -0.3 is 20.1 Å². The molecule has 3 aromatic rings. The first kappa shape index (κ1) is 21.9. The maximum atomic E-state index is 12.8. The molecular formula is C25H23ClN2O4. The minimum atomic E-state index is -0.245. The van der Waals surface area contributed by atoms with E-state index in [0.29, 0.717) is 60.4 Å². The van der Waals surface area contributed by atoms with Crippen LogP contribution in [0.1, 0.15) is 31.8 Å². The molecule has 4 rings (SSSR count). The van der Waals surface area contributed by atoms with Crippen molar-refractivity contribution >= 4 is 29.1 Å². The summed E-state index contributed by atoms with van der Waals surface area (Å²) in [6.07, 6.45) is 0.510. The molecule has 0 aromatic heterocycles. The van der Waals surface area contributed by atoms with Gasteiger partial charge >= 0.3 is 0 Å². The van der Waals surface area contributed by atoms with E-state index in [4.69, 9.17) is 21.1 Å². The van der Waals surface area contributed by atoms with Gasteiger partial charge in [0.2, 0.25) is 0 Å². The molecule has 2 bridgehead atoms. The summed E-state index contributed by atoms with van der Waals surface area (Å²) in [5, 5.41) is 6.26. The second-order valence-electron chi connectivity index (χ2n) is 7.38. The second kappa shape index (κ2) is 10.3. The highest BCUT2D eigenvalue weighted by molar-refractivity contribution is 6.31. The van der Waals surface area contributed by atoms with Crippen LogP contribution in [0.5, 0.6) is 5.75 Å². The van der Waals surface area contributed by atoms with Crippen molar-refractivity contribution in [2.75, 3.05) is 31.7 Å².